The summed E-state index contributed by atoms with van der Waals surface area (Å²) in [5.41, 5.74) is 7.36. The third kappa shape index (κ3) is 1.34. The summed E-state index contributed by atoms with van der Waals surface area (Å²) in [6.07, 6.45) is 0. The molecule has 0 saturated carbocycles. The molecule has 1 aromatic rings. The minimum Gasteiger partial charge on any atom is -0.425 e. The number of aryl methyl sites for hydroxylation is 1. The predicted octanol–water partition coefficient (Wildman–Crippen LogP) is 2.31. The van der Waals surface area contributed by atoms with Crippen LogP contribution in [-0.4, -0.2) is 0 Å². The van der Waals surface area contributed by atoms with Crippen LogP contribution in [0.25, 0.3) is 0 Å². The van der Waals surface area contributed by atoms with E-state index in [9.17, 15) is 0 Å². The molecule has 0 aliphatic carbocycles. The quantitative estimate of drug-likeness (QED) is 0.612. The van der Waals surface area contributed by atoms with Gasteiger partial charge in [0.05, 0.1) is 5.69 Å². The summed E-state index contributed by atoms with van der Waals surface area (Å²) in [6.45, 7) is 1.96. The van der Waals surface area contributed by atoms with Gasteiger partial charge in [0, 0.05) is 0 Å². The van der Waals surface area contributed by atoms with E-state index in [2.05, 4.69) is 0 Å². The molecule has 0 aromatic heterocycles. The molecule has 0 heterocycles. The fraction of sp³-hybridized carbons (Fsp3) is 0.143. The van der Waals surface area contributed by atoms with Crippen molar-refractivity contribution in [2.75, 3.05) is 5.73 Å². The molecular formula is C7H8INO. The van der Waals surface area contributed by atoms with Crippen molar-refractivity contribution in [1.82, 2.24) is 0 Å². The van der Waals surface area contributed by atoms with Crippen LogP contribution in [0.15, 0.2) is 18.2 Å². The molecule has 0 fully saturated rings. The molecule has 10 heavy (non-hydrogen) atoms. The van der Waals surface area contributed by atoms with E-state index in [1.54, 1.807) is 0 Å². The Hall–Kier alpha value is -0.450. The molecule has 0 bridgehead atoms. The predicted molar refractivity (Wildman–Crippen MR) is 50.2 cm³/mol. The van der Waals surface area contributed by atoms with Gasteiger partial charge in [-0.15, -0.1) is 0 Å². The molecule has 0 spiro atoms. The molecule has 0 atom stereocenters. The Balaban J connectivity index is 3.17. The summed E-state index contributed by atoms with van der Waals surface area (Å²) in [5, 5.41) is 0. The molecule has 1 aromatic carbocycles. The van der Waals surface area contributed by atoms with E-state index in [4.69, 9.17) is 8.80 Å². The third-order valence-corrected chi connectivity index (χ3v) is 1.76. The first kappa shape index (κ1) is 7.65. The Morgan fingerprint density at radius 3 is 2.60 bits per heavy atom. The summed E-state index contributed by atoms with van der Waals surface area (Å²) in [5.74, 6) is 0.767. The van der Waals surface area contributed by atoms with Crippen molar-refractivity contribution in [2.45, 2.75) is 6.92 Å². The van der Waals surface area contributed by atoms with Gasteiger partial charge in [-0.1, -0.05) is 12.1 Å². The van der Waals surface area contributed by atoms with E-state index < -0.39 is 0 Å². The molecule has 0 amide bonds. The van der Waals surface area contributed by atoms with Crippen molar-refractivity contribution in [3.05, 3.63) is 23.8 Å². The fourth-order valence-electron chi connectivity index (χ4n) is 0.781. The maximum Gasteiger partial charge on any atom is 0.192 e. The second-order valence-corrected chi connectivity index (χ2v) is 2.51. The van der Waals surface area contributed by atoms with Crippen LogP contribution in [0.3, 0.4) is 0 Å². The highest BCUT2D eigenvalue weighted by Crippen LogP contribution is 2.26. The highest BCUT2D eigenvalue weighted by Gasteiger charge is 2.00. The van der Waals surface area contributed by atoms with Gasteiger partial charge in [-0.25, -0.2) is 0 Å². The zero-order valence-corrected chi connectivity index (χ0v) is 7.75. The lowest BCUT2D eigenvalue weighted by Gasteiger charge is -2.03. The van der Waals surface area contributed by atoms with Gasteiger partial charge in [-0.3, -0.25) is 0 Å². The van der Waals surface area contributed by atoms with E-state index in [-0.39, 0.29) is 0 Å². The van der Waals surface area contributed by atoms with Gasteiger partial charge in [0.15, 0.2) is 28.8 Å². The maximum atomic E-state index is 5.60. The minimum absolute atomic E-state index is 0.689. The smallest absolute Gasteiger partial charge is 0.192 e. The van der Waals surface area contributed by atoms with Crippen LogP contribution in [0, 0.1) is 6.92 Å². The molecule has 2 N–H and O–H groups in total. The first-order valence-electron chi connectivity index (χ1n) is 2.89. The van der Waals surface area contributed by atoms with Gasteiger partial charge in [0.1, 0.15) is 0 Å². The van der Waals surface area contributed by atoms with Gasteiger partial charge in [-0.2, -0.15) is 0 Å². The summed E-state index contributed by atoms with van der Waals surface area (Å²) >= 11 is 1.82. The van der Waals surface area contributed by atoms with E-state index in [1.165, 1.54) is 0 Å². The topological polar surface area (TPSA) is 35.2 Å². The molecule has 3 heteroatoms. The number of anilines is 1. The van der Waals surface area contributed by atoms with Crippen LogP contribution in [0.5, 0.6) is 5.75 Å². The number of nitrogen functional groups attached to an aromatic ring is 1. The minimum atomic E-state index is 0.689. The first-order valence-corrected chi connectivity index (χ1v) is 3.77. The second-order valence-electron chi connectivity index (χ2n) is 2.07. The zero-order chi connectivity index (χ0) is 7.56. The lowest BCUT2D eigenvalue weighted by atomic mass is 10.2. The third-order valence-electron chi connectivity index (χ3n) is 1.32. The van der Waals surface area contributed by atoms with E-state index >= 15 is 0 Å². The molecule has 0 aliphatic heterocycles. The molecule has 0 aliphatic rings. The molecule has 0 saturated heterocycles. The number of halogens is 1. The Morgan fingerprint density at radius 2 is 2.20 bits per heavy atom. The maximum absolute atomic E-state index is 5.60. The van der Waals surface area contributed by atoms with Crippen molar-refractivity contribution in [3.8, 4) is 5.75 Å². The molecular weight excluding hydrogens is 241 g/mol. The zero-order valence-electron chi connectivity index (χ0n) is 5.60. The number of hydrogen-bond donors (Lipinski definition) is 1. The Kier molecular flexibility index (Phi) is 2.37. The Morgan fingerprint density at radius 1 is 1.50 bits per heavy atom. The molecule has 0 unspecified atom stereocenters. The van der Waals surface area contributed by atoms with Crippen LogP contribution >= 0.6 is 23.0 Å². The van der Waals surface area contributed by atoms with Gasteiger partial charge in [0.2, 0.25) is 0 Å². The lowest BCUT2D eigenvalue weighted by molar-refractivity contribution is 0.712. The van der Waals surface area contributed by atoms with E-state index in [1.807, 2.05) is 48.1 Å². The monoisotopic (exact) mass is 249 g/mol. The van der Waals surface area contributed by atoms with Gasteiger partial charge < -0.3 is 8.80 Å². The number of hydrogen-bond acceptors (Lipinski definition) is 2. The normalized spacial score (nSPS) is 9.40. The Labute approximate surface area is 74.1 Å². The first-order chi connectivity index (χ1) is 4.75. The van der Waals surface area contributed by atoms with Crippen molar-refractivity contribution >= 4 is 28.7 Å². The van der Waals surface area contributed by atoms with Crippen molar-refractivity contribution in [3.63, 3.8) is 0 Å². The Bertz CT molecular complexity index is 217. The van der Waals surface area contributed by atoms with E-state index in [0.29, 0.717) is 5.69 Å². The fourth-order valence-corrected chi connectivity index (χ4v) is 1.38. The standard InChI is InChI=1S/C7H8INO/c1-5-3-2-4-6(9)7(5)10-8/h2-4H,9H2,1H3. The summed E-state index contributed by atoms with van der Waals surface area (Å²) in [4.78, 5) is 0. The van der Waals surface area contributed by atoms with Crippen molar-refractivity contribution in [1.29, 1.82) is 0 Å². The molecule has 0 radical (unpaired) electrons. The van der Waals surface area contributed by atoms with Crippen LogP contribution in [0.1, 0.15) is 5.56 Å². The SMILES string of the molecule is Cc1cccc(N)c1OI. The van der Waals surface area contributed by atoms with E-state index in [0.717, 1.165) is 11.3 Å². The second kappa shape index (κ2) is 3.09. The molecule has 1 rings (SSSR count). The number of nitrogens with two attached hydrogens (primary N) is 1. The average molecular weight is 249 g/mol. The van der Waals surface area contributed by atoms with Crippen LogP contribution in [0.4, 0.5) is 5.69 Å². The van der Waals surface area contributed by atoms with Crippen LogP contribution < -0.4 is 8.80 Å². The largest absolute Gasteiger partial charge is 0.425 e. The van der Waals surface area contributed by atoms with Gasteiger partial charge in [-0.05, 0) is 18.6 Å². The number of benzene rings is 1. The molecule has 54 valence electrons. The lowest BCUT2D eigenvalue weighted by Crippen LogP contribution is -1.89. The highest BCUT2D eigenvalue weighted by atomic mass is 127. The van der Waals surface area contributed by atoms with Gasteiger partial charge in [0.25, 0.3) is 0 Å². The summed E-state index contributed by atoms with van der Waals surface area (Å²) in [7, 11) is 0. The highest BCUT2D eigenvalue weighted by molar-refractivity contribution is 14.1. The van der Waals surface area contributed by atoms with Crippen molar-refractivity contribution < 1.29 is 3.07 Å². The number of rotatable bonds is 1. The molecule has 2 nitrogen and oxygen atoms in total. The summed E-state index contributed by atoms with van der Waals surface area (Å²) in [6, 6.07) is 5.69. The van der Waals surface area contributed by atoms with Gasteiger partial charge >= 0.3 is 0 Å². The average Bonchev–Trinajstić information content (AvgIpc) is 1.88. The van der Waals surface area contributed by atoms with Crippen LogP contribution in [0.2, 0.25) is 0 Å². The number of para-hydroxylation sites is 1. The van der Waals surface area contributed by atoms with Crippen LogP contribution in [-0.2, 0) is 0 Å². The summed E-state index contributed by atoms with van der Waals surface area (Å²) < 4.78 is 5.02. The van der Waals surface area contributed by atoms with Crippen molar-refractivity contribution in [2.24, 2.45) is 0 Å².